The summed E-state index contributed by atoms with van der Waals surface area (Å²) in [6.45, 7) is 15.0. The maximum atomic E-state index is 6.07. The standard InChI is InChI=1S/C17H27NO/c1-12-7-8-13(16(2,3)4)9-14(12)15-10-18-17(5,6)11-19-15/h7-9,15,18H,10-11H2,1-6H3. The maximum Gasteiger partial charge on any atom is 0.0953 e. The lowest BCUT2D eigenvalue weighted by atomic mass is 9.84. The van der Waals surface area contributed by atoms with Crippen molar-refractivity contribution >= 4 is 0 Å². The Labute approximate surface area is 117 Å². The van der Waals surface area contributed by atoms with E-state index in [0.29, 0.717) is 0 Å². The van der Waals surface area contributed by atoms with Crippen LogP contribution in [-0.2, 0) is 10.2 Å². The summed E-state index contributed by atoms with van der Waals surface area (Å²) in [6.07, 6.45) is 0.176. The van der Waals surface area contributed by atoms with E-state index in [1.165, 1.54) is 16.7 Å². The van der Waals surface area contributed by atoms with Crippen LogP contribution in [0.5, 0.6) is 0 Å². The average Bonchev–Trinajstić information content (AvgIpc) is 2.29. The molecule has 0 aromatic heterocycles. The molecule has 0 aliphatic carbocycles. The summed E-state index contributed by atoms with van der Waals surface area (Å²) in [5, 5.41) is 3.57. The summed E-state index contributed by atoms with van der Waals surface area (Å²) >= 11 is 0. The van der Waals surface area contributed by atoms with Crippen LogP contribution in [0.1, 0.15) is 57.4 Å². The van der Waals surface area contributed by atoms with Crippen LogP contribution in [-0.4, -0.2) is 18.7 Å². The van der Waals surface area contributed by atoms with Gasteiger partial charge in [-0.1, -0.05) is 39.0 Å². The third-order valence-electron chi connectivity index (χ3n) is 3.90. The second kappa shape index (κ2) is 4.92. The monoisotopic (exact) mass is 261 g/mol. The molecule has 1 N–H and O–H groups in total. The molecule has 0 spiro atoms. The highest BCUT2D eigenvalue weighted by atomic mass is 16.5. The van der Waals surface area contributed by atoms with Crippen molar-refractivity contribution in [3.05, 3.63) is 34.9 Å². The van der Waals surface area contributed by atoms with Crippen molar-refractivity contribution in [3.8, 4) is 0 Å². The molecule has 1 aliphatic heterocycles. The number of hydrogen-bond acceptors (Lipinski definition) is 2. The van der Waals surface area contributed by atoms with Gasteiger partial charge in [-0.2, -0.15) is 0 Å². The second-order valence-electron chi connectivity index (χ2n) is 7.39. The zero-order valence-electron chi connectivity index (χ0n) is 13.1. The second-order valence-corrected chi connectivity index (χ2v) is 7.39. The Bertz CT molecular complexity index is 447. The minimum absolute atomic E-state index is 0.0893. The van der Waals surface area contributed by atoms with Crippen molar-refractivity contribution in [2.75, 3.05) is 13.2 Å². The molecule has 2 nitrogen and oxygen atoms in total. The fourth-order valence-corrected chi connectivity index (χ4v) is 2.44. The minimum Gasteiger partial charge on any atom is -0.370 e. The van der Waals surface area contributed by atoms with Crippen molar-refractivity contribution < 1.29 is 4.74 Å². The van der Waals surface area contributed by atoms with Gasteiger partial charge < -0.3 is 10.1 Å². The molecule has 0 bridgehead atoms. The van der Waals surface area contributed by atoms with Crippen LogP contribution in [0.15, 0.2) is 18.2 Å². The Morgan fingerprint density at radius 3 is 2.47 bits per heavy atom. The molecule has 1 unspecified atom stereocenters. The van der Waals surface area contributed by atoms with Gasteiger partial charge in [0.15, 0.2) is 0 Å². The third-order valence-corrected chi connectivity index (χ3v) is 3.90. The Balaban J connectivity index is 2.25. The SMILES string of the molecule is Cc1ccc(C(C)(C)C)cc1C1CNC(C)(C)CO1. The third kappa shape index (κ3) is 3.37. The number of nitrogens with one attached hydrogen (secondary N) is 1. The quantitative estimate of drug-likeness (QED) is 0.831. The van der Waals surface area contributed by atoms with Crippen LogP contribution < -0.4 is 5.32 Å². The largest absolute Gasteiger partial charge is 0.370 e. The van der Waals surface area contributed by atoms with Gasteiger partial charge in [0.25, 0.3) is 0 Å². The first kappa shape index (κ1) is 14.5. The molecule has 2 heteroatoms. The van der Waals surface area contributed by atoms with Crippen molar-refractivity contribution in [3.63, 3.8) is 0 Å². The Morgan fingerprint density at radius 2 is 1.95 bits per heavy atom. The van der Waals surface area contributed by atoms with Crippen LogP contribution in [0.25, 0.3) is 0 Å². The molecule has 1 heterocycles. The van der Waals surface area contributed by atoms with E-state index >= 15 is 0 Å². The smallest absolute Gasteiger partial charge is 0.0953 e. The van der Waals surface area contributed by atoms with Crippen LogP contribution in [0, 0.1) is 6.92 Å². The lowest BCUT2D eigenvalue weighted by Crippen LogP contribution is -2.50. The molecular weight excluding hydrogens is 234 g/mol. The van der Waals surface area contributed by atoms with Crippen molar-refractivity contribution in [2.45, 2.75) is 58.6 Å². The zero-order valence-corrected chi connectivity index (χ0v) is 13.1. The molecular formula is C17H27NO. The molecule has 2 rings (SSSR count). The van der Waals surface area contributed by atoms with Gasteiger partial charge in [-0.05, 0) is 42.9 Å². The van der Waals surface area contributed by atoms with E-state index in [2.05, 4.69) is 65.1 Å². The highest BCUT2D eigenvalue weighted by molar-refractivity contribution is 5.36. The number of ether oxygens (including phenoxy) is 1. The summed E-state index contributed by atoms with van der Waals surface area (Å²) in [4.78, 5) is 0. The molecule has 1 aromatic rings. The number of morpholine rings is 1. The maximum absolute atomic E-state index is 6.07. The van der Waals surface area contributed by atoms with Gasteiger partial charge in [0.05, 0.1) is 12.7 Å². The molecule has 1 fully saturated rings. The number of benzene rings is 1. The first-order valence-electron chi connectivity index (χ1n) is 7.17. The van der Waals surface area contributed by atoms with Gasteiger partial charge >= 0.3 is 0 Å². The lowest BCUT2D eigenvalue weighted by Gasteiger charge is -2.37. The molecule has 0 radical (unpaired) electrons. The minimum atomic E-state index is 0.0893. The van der Waals surface area contributed by atoms with Gasteiger partial charge in [-0.15, -0.1) is 0 Å². The van der Waals surface area contributed by atoms with Gasteiger partial charge in [0.2, 0.25) is 0 Å². The predicted octanol–water partition coefficient (Wildman–Crippen LogP) is 3.73. The summed E-state index contributed by atoms with van der Waals surface area (Å²) in [5.74, 6) is 0. The van der Waals surface area contributed by atoms with E-state index in [0.717, 1.165) is 13.2 Å². The number of aryl methyl sites for hydroxylation is 1. The normalized spacial score (nSPS) is 23.4. The molecule has 106 valence electrons. The van der Waals surface area contributed by atoms with E-state index in [-0.39, 0.29) is 17.1 Å². The van der Waals surface area contributed by atoms with Crippen molar-refractivity contribution in [1.29, 1.82) is 0 Å². The Morgan fingerprint density at radius 1 is 1.26 bits per heavy atom. The van der Waals surface area contributed by atoms with E-state index in [1.54, 1.807) is 0 Å². The summed E-state index contributed by atoms with van der Waals surface area (Å²) in [7, 11) is 0. The topological polar surface area (TPSA) is 21.3 Å². The van der Waals surface area contributed by atoms with Crippen LogP contribution in [0.4, 0.5) is 0 Å². The molecule has 0 amide bonds. The fourth-order valence-electron chi connectivity index (χ4n) is 2.44. The van der Waals surface area contributed by atoms with E-state index in [4.69, 9.17) is 4.74 Å². The Kier molecular flexibility index (Phi) is 3.76. The summed E-state index contributed by atoms with van der Waals surface area (Å²) in [5.41, 5.74) is 4.30. The highest BCUT2D eigenvalue weighted by Crippen LogP contribution is 2.30. The van der Waals surface area contributed by atoms with Crippen LogP contribution in [0.2, 0.25) is 0 Å². The van der Waals surface area contributed by atoms with Gasteiger partial charge in [-0.3, -0.25) is 0 Å². The average molecular weight is 261 g/mol. The first-order chi connectivity index (χ1) is 8.69. The molecule has 1 atom stereocenters. The van der Waals surface area contributed by atoms with Gasteiger partial charge in [-0.25, -0.2) is 0 Å². The lowest BCUT2D eigenvalue weighted by molar-refractivity contribution is -0.0232. The molecule has 1 aromatic carbocycles. The predicted molar refractivity (Wildman–Crippen MR) is 80.7 cm³/mol. The van der Waals surface area contributed by atoms with Gasteiger partial charge in [0.1, 0.15) is 0 Å². The number of hydrogen-bond donors (Lipinski definition) is 1. The molecule has 1 aliphatic rings. The highest BCUT2D eigenvalue weighted by Gasteiger charge is 2.29. The summed E-state index contributed by atoms with van der Waals surface area (Å²) in [6, 6.07) is 6.78. The van der Waals surface area contributed by atoms with E-state index in [9.17, 15) is 0 Å². The van der Waals surface area contributed by atoms with Crippen molar-refractivity contribution in [1.82, 2.24) is 5.32 Å². The van der Waals surface area contributed by atoms with Gasteiger partial charge in [0, 0.05) is 12.1 Å². The molecule has 19 heavy (non-hydrogen) atoms. The molecule has 0 saturated carbocycles. The number of rotatable bonds is 1. The van der Waals surface area contributed by atoms with E-state index in [1.807, 2.05) is 0 Å². The van der Waals surface area contributed by atoms with Crippen LogP contribution in [0.3, 0.4) is 0 Å². The van der Waals surface area contributed by atoms with Crippen molar-refractivity contribution in [2.24, 2.45) is 0 Å². The van der Waals surface area contributed by atoms with Crippen LogP contribution >= 0.6 is 0 Å². The fraction of sp³-hybridized carbons (Fsp3) is 0.647. The Hall–Kier alpha value is -0.860. The molecule has 1 saturated heterocycles. The summed E-state index contributed by atoms with van der Waals surface area (Å²) < 4.78 is 6.07. The first-order valence-corrected chi connectivity index (χ1v) is 7.17. The zero-order chi connectivity index (χ0) is 14.3. The van der Waals surface area contributed by atoms with E-state index < -0.39 is 0 Å².